The fourth-order valence-electron chi connectivity index (χ4n) is 2.63. The van der Waals surface area contributed by atoms with E-state index in [9.17, 15) is 4.79 Å². The first-order valence-electron chi connectivity index (χ1n) is 7.46. The van der Waals surface area contributed by atoms with Crippen LogP contribution in [0.15, 0.2) is 24.3 Å². The Hall–Kier alpha value is -1.55. The van der Waals surface area contributed by atoms with Crippen LogP contribution in [-0.2, 0) is 0 Å². The van der Waals surface area contributed by atoms with Crippen LogP contribution < -0.4 is 10.2 Å². The molecule has 4 nitrogen and oxygen atoms in total. The highest BCUT2D eigenvalue weighted by atomic mass is 16.2. The van der Waals surface area contributed by atoms with Gasteiger partial charge in [-0.1, -0.05) is 6.92 Å². The summed E-state index contributed by atoms with van der Waals surface area (Å²) in [5, 5.41) is 3.31. The second-order valence-corrected chi connectivity index (χ2v) is 5.52. The van der Waals surface area contributed by atoms with Crippen molar-refractivity contribution in [3.8, 4) is 0 Å². The van der Waals surface area contributed by atoms with Gasteiger partial charge in [0.05, 0.1) is 0 Å². The lowest BCUT2D eigenvalue weighted by Crippen LogP contribution is -2.52. The molecule has 1 aromatic carbocycles. The molecular formula is C16H25N3O. The van der Waals surface area contributed by atoms with Crippen LogP contribution in [0.4, 0.5) is 5.69 Å². The molecule has 1 fully saturated rings. The molecule has 1 heterocycles. The first-order valence-corrected chi connectivity index (χ1v) is 7.46. The van der Waals surface area contributed by atoms with Crippen molar-refractivity contribution in [2.75, 3.05) is 38.1 Å². The van der Waals surface area contributed by atoms with Gasteiger partial charge in [-0.05, 0) is 37.6 Å². The molecule has 0 spiro atoms. The smallest absolute Gasteiger partial charge is 0.254 e. The van der Waals surface area contributed by atoms with E-state index in [1.807, 2.05) is 29.2 Å². The summed E-state index contributed by atoms with van der Waals surface area (Å²) in [5.74, 6) is 0.142. The van der Waals surface area contributed by atoms with Gasteiger partial charge in [0.2, 0.25) is 0 Å². The van der Waals surface area contributed by atoms with E-state index in [0.717, 1.165) is 43.9 Å². The maximum Gasteiger partial charge on any atom is 0.254 e. The van der Waals surface area contributed by atoms with Gasteiger partial charge in [0.1, 0.15) is 0 Å². The lowest BCUT2D eigenvalue weighted by molar-refractivity contribution is 0.0656. The van der Waals surface area contributed by atoms with Crippen LogP contribution >= 0.6 is 0 Å². The first-order chi connectivity index (χ1) is 9.63. The third-order valence-electron chi connectivity index (χ3n) is 3.88. The van der Waals surface area contributed by atoms with Crippen molar-refractivity contribution < 1.29 is 4.79 Å². The maximum absolute atomic E-state index is 12.5. The number of carbonyl (C=O) groups is 1. The van der Waals surface area contributed by atoms with Gasteiger partial charge in [0.15, 0.2) is 0 Å². The van der Waals surface area contributed by atoms with E-state index < -0.39 is 0 Å². The molecule has 0 saturated carbocycles. The summed E-state index contributed by atoms with van der Waals surface area (Å²) in [6.07, 6.45) is 1.12. The lowest BCUT2D eigenvalue weighted by atomic mass is 10.1. The highest BCUT2D eigenvalue weighted by Gasteiger charge is 2.23. The predicted molar refractivity (Wildman–Crippen MR) is 83.4 cm³/mol. The highest BCUT2D eigenvalue weighted by Crippen LogP contribution is 2.16. The Bertz CT molecular complexity index is 444. The van der Waals surface area contributed by atoms with Crippen molar-refractivity contribution in [2.45, 2.75) is 26.3 Å². The van der Waals surface area contributed by atoms with Crippen LogP contribution in [0.25, 0.3) is 0 Å². The summed E-state index contributed by atoms with van der Waals surface area (Å²) in [6.45, 7) is 7.84. The van der Waals surface area contributed by atoms with Crippen LogP contribution in [-0.4, -0.2) is 50.1 Å². The molecule has 0 aromatic heterocycles. The van der Waals surface area contributed by atoms with Gasteiger partial charge < -0.3 is 15.1 Å². The zero-order valence-corrected chi connectivity index (χ0v) is 12.7. The third kappa shape index (κ3) is 3.31. The van der Waals surface area contributed by atoms with Gasteiger partial charge in [-0.25, -0.2) is 0 Å². The van der Waals surface area contributed by atoms with Gasteiger partial charge in [-0.15, -0.1) is 0 Å². The topological polar surface area (TPSA) is 35.6 Å². The summed E-state index contributed by atoms with van der Waals surface area (Å²) in [4.78, 5) is 16.7. The van der Waals surface area contributed by atoms with Crippen LogP contribution in [0, 0.1) is 0 Å². The average Bonchev–Trinajstić information content (AvgIpc) is 2.47. The van der Waals surface area contributed by atoms with E-state index in [0.29, 0.717) is 0 Å². The monoisotopic (exact) mass is 275 g/mol. The van der Waals surface area contributed by atoms with Crippen molar-refractivity contribution in [1.29, 1.82) is 0 Å². The minimum absolute atomic E-state index is 0.142. The molecule has 1 amide bonds. The molecule has 0 radical (unpaired) electrons. The second kappa shape index (κ2) is 6.75. The largest absolute Gasteiger partial charge is 0.375 e. The van der Waals surface area contributed by atoms with E-state index in [2.05, 4.69) is 31.1 Å². The average molecular weight is 275 g/mol. The summed E-state index contributed by atoms with van der Waals surface area (Å²) < 4.78 is 0. The fourth-order valence-corrected chi connectivity index (χ4v) is 2.63. The van der Waals surface area contributed by atoms with Crippen LogP contribution in [0.5, 0.6) is 0 Å². The Morgan fingerprint density at radius 2 is 2.10 bits per heavy atom. The van der Waals surface area contributed by atoms with Crippen molar-refractivity contribution in [2.24, 2.45) is 0 Å². The number of carbonyl (C=O) groups excluding carboxylic acids is 1. The zero-order valence-electron chi connectivity index (χ0n) is 12.7. The minimum Gasteiger partial charge on any atom is -0.375 e. The van der Waals surface area contributed by atoms with Crippen LogP contribution in [0.2, 0.25) is 0 Å². The molecule has 1 aromatic rings. The predicted octanol–water partition coefficient (Wildman–Crippen LogP) is 1.97. The Labute approximate surface area is 121 Å². The molecule has 0 unspecified atom stereocenters. The number of rotatable bonds is 4. The SMILES string of the molecule is CCCN(C)c1ccc(C(=O)N2CCNC[C@@H]2C)cc1. The standard InChI is InChI=1S/C16H25N3O/c1-4-10-18(3)15-7-5-14(6-8-15)16(20)19-11-9-17-12-13(19)2/h5-8,13,17H,4,9-12H2,1-3H3/t13-/m0/s1. The molecule has 0 bridgehead atoms. The normalized spacial score (nSPS) is 18.9. The summed E-state index contributed by atoms with van der Waals surface area (Å²) in [6, 6.07) is 8.22. The molecule has 2 rings (SSSR count). The summed E-state index contributed by atoms with van der Waals surface area (Å²) in [5.41, 5.74) is 1.95. The molecule has 4 heteroatoms. The summed E-state index contributed by atoms with van der Waals surface area (Å²) >= 11 is 0. The van der Waals surface area contributed by atoms with Crippen molar-refractivity contribution in [3.63, 3.8) is 0 Å². The quantitative estimate of drug-likeness (QED) is 0.912. The number of hydrogen-bond donors (Lipinski definition) is 1. The van der Waals surface area contributed by atoms with Crippen LogP contribution in [0.1, 0.15) is 30.6 Å². The number of nitrogens with zero attached hydrogens (tertiary/aromatic N) is 2. The number of hydrogen-bond acceptors (Lipinski definition) is 3. The molecule has 0 aliphatic carbocycles. The van der Waals surface area contributed by atoms with Gasteiger partial charge in [-0.3, -0.25) is 4.79 Å². The highest BCUT2D eigenvalue weighted by molar-refractivity contribution is 5.94. The van der Waals surface area contributed by atoms with Crippen molar-refractivity contribution >= 4 is 11.6 Å². The van der Waals surface area contributed by atoms with Gasteiger partial charge in [0.25, 0.3) is 5.91 Å². The zero-order chi connectivity index (χ0) is 14.5. The lowest BCUT2D eigenvalue weighted by Gasteiger charge is -2.34. The number of piperazine rings is 1. The molecule has 1 aliphatic rings. The van der Waals surface area contributed by atoms with Crippen LogP contribution in [0.3, 0.4) is 0 Å². The minimum atomic E-state index is 0.142. The summed E-state index contributed by atoms with van der Waals surface area (Å²) in [7, 11) is 2.08. The van der Waals surface area contributed by atoms with E-state index in [4.69, 9.17) is 0 Å². The molecule has 1 atom stereocenters. The molecule has 1 saturated heterocycles. The molecule has 1 N–H and O–H groups in total. The molecule has 110 valence electrons. The number of amides is 1. The van der Waals surface area contributed by atoms with E-state index in [1.165, 1.54) is 0 Å². The van der Waals surface area contributed by atoms with E-state index in [1.54, 1.807) is 0 Å². The van der Waals surface area contributed by atoms with E-state index >= 15 is 0 Å². The molecule has 1 aliphatic heterocycles. The van der Waals surface area contributed by atoms with Gasteiger partial charge >= 0.3 is 0 Å². The van der Waals surface area contributed by atoms with E-state index in [-0.39, 0.29) is 11.9 Å². The number of anilines is 1. The third-order valence-corrected chi connectivity index (χ3v) is 3.88. The van der Waals surface area contributed by atoms with Crippen molar-refractivity contribution in [1.82, 2.24) is 10.2 Å². The fraction of sp³-hybridized carbons (Fsp3) is 0.562. The Morgan fingerprint density at radius 3 is 2.70 bits per heavy atom. The first kappa shape index (κ1) is 14.9. The number of benzene rings is 1. The van der Waals surface area contributed by atoms with Crippen molar-refractivity contribution in [3.05, 3.63) is 29.8 Å². The van der Waals surface area contributed by atoms with Gasteiger partial charge in [-0.2, -0.15) is 0 Å². The number of nitrogens with one attached hydrogen (secondary N) is 1. The Kier molecular flexibility index (Phi) is 5.01. The molecule has 20 heavy (non-hydrogen) atoms. The molecular weight excluding hydrogens is 250 g/mol. The second-order valence-electron chi connectivity index (χ2n) is 5.52. The van der Waals surface area contributed by atoms with Gasteiger partial charge in [0, 0.05) is 50.5 Å². The Morgan fingerprint density at radius 1 is 1.40 bits per heavy atom. The maximum atomic E-state index is 12.5. The Balaban J connectivity index is 2.07.